The Morgan fingerprint density at radius 1 is 1.30 bits per heavy atom. The third-order valence-electron chi connectivity index (χ3n) is 4.64. The number of carbonyl (C=O) groups excluding carboxylic acids is 1. The van der Waals surface area contributed by atoms with Gasteiger partial charge in [0.1, 0.15) is 10.6 Å². The van der Waals surface area contributed by atoms with E-state index in [1.807, 2.05) is 11.8 Å². The number of amides is 1. The second-order valence-electron chi connectivity index (χ2n) is 6.47. The first-order valence-electron chi connectivity index (χ1n) is 8.73. The Balaban J connectivity index is 1.63. The van der Waals surface area contributed by atoms with Crippen LogP contribution in [0, 0.1) is 12.7 Å². The van der Waals surface area contributed by atoms with E-state index in [-0.39, 0.29) is 23.0 Å². The Morgan fingerprint density at radius 3 is 2.70 bits per heavy atom. The fraction of sp³-hybridized carbons (Fsp3) is 0.316. The average Bonchev–Trinajstić information content (AvgIpc) is 3.28. The minimum Gasteiger partial charge on any atom is -0.342 e. The molecule has 1 N–H and O–H groups in total. The molecule has 1 aliphatic rings. The summed E-state index contributed by atoms with van der Waals surface area (Å²) >= 11 is 2.69. The summed E-state index contributed by atoms with van der Waals surface area (Å²) in [5.74, 6) is 0.0304. The van der Waals surface area contributed by atoms with E-state index in [1.165, 1.54) is 35.2 Å². The molecule has 1 aromatic carbocycles. The molecule has 0 bridgehead atoms. The summed E-state index contributed by atoms with van der Waals surface area (Å²) in [6, 6.07) is 6.10. The van der Waals surface area contributed by atoms with Crippen molar-refractivity contribution >= 4 is 39.2 Å². The normalized spacial score (nSPS) is 14.2. The predicted octanol–water partition coefficient (Wildman–Crippen LogP) is 3.81. The molecule has 0 aliphatic carbocycles. The first kappa shape index (κ1) is 18.2. The number of nitrogens with zero attached hydrogens (tertiary/aromatic N) is 2. The lowest BCUT2D eigenvalue weighted by Gasteiger charge is -2.14. The van der Waals surface area contributed by atoms with Gasteiger partial charge in [-0.1, -0.05) is 23.9 Å². The number of halogens is 1. The average molecular weight is 404 g/mol. The lowest BCUT2D eigenvalue weighted by atomic mass is 10.0. The molecule has 0 atom stereocenters. The molecular weight excluding hydrogens is 385 g/mol. The molecule has 1 saturated heterocycles. The number of thiophene rings is 1. The van der Waals surface area contributed by atoms with Gasteiger partial charge in [-0.2, -0.15) is 0 Å². The van der Waals surface area contributed by atoms with Crippen molar-refractivity contribution in [1.82, 2.24) is 14.9 Å². The van der Waals surface area contributed by atoms with Crippen LogP contribution in [0.15, 0.2) is 34.2 Å². The molecule has 4 rings (SSSR count). The Morgan fingerprint density at radius 2 is 2.00 bits per heavy atom. The maximum Gasteiger partial charge on any atom is 0.260 e. The van der Waals surface area contributed by atoms with Crippen LogP contribution >= 0.6 is 23.1 Å². The fourth-order valence-corrected chi connectivity index (χ4v) is 5.19. The van der Waals surface area contributed by atoms with Crippen molar-refractivity contribution in [2.45, 2.75) is 24.9 Å². The number of aryl methyl sites for hydroxylation is 1. The largest absolute Gasteiger partial charge is 0.342 e. The van der Waals surface area contributed by atoms with Crippen LogP contribution < -0.4 is 5.56 Å². The van der Waals surface area contributed by atoms with E-state index in [2.05, 4.69) is 9.97 Å². The van der Waals surface area contributed by atoms with Gasteiger partial charge in [0, 0.05) is 23.5 Å². The van der Waals surface area contributed by atoms with Crippen molar-refractivity contribution < 1.29 is 9.18 Å². The number of hydrogen-bond acceptors (Lipinski definition) is 5. The summed E-state index contributed by atoms with van der Waals surface area (Å²) in [7, 11) is 0. The number of likely N-dealkylation sites (tertiary alicyclic amines) is 1. The van der Waals surface area contributed by atoms with Crippen LogP contribution in [0.2, 0.25) is 0 Å². The molecule has 8 heteroatoms. The molecule has 0 unspecified atom stereocenters. The van der Waals surface area contributed by atoms with Crippen LogP contribution in [0.5, 0.6) is 0 Å². The molecular formula is C19H18FN3O2S2. The maximum absolute atomic E-state index is 13.2. The van der Waals surface area contributed by atoms with E-state index in [0.29, 0.717) is 15.4 Å². The third-order valence-corrected chi connectivity index (χ3v) is 6.50. The van der Waals surface area contributed by atoms with Crippen LogP contribution in [-0.2, 0) is 4.79 Å². The van der Waals surface area contributed by atoms with Gasteiger partial charge < -0.3 is 9.88 Å². The molecule has 1 fully saturated rings. The Bertz CT molecular complexity index is 1050. The Hall–Kier alpha value is -2.19. The van der Waals surface area contributed by atoms with Crippen LogP contribution in [0.4, 0.5) is 4.39 Å². The highest BCUT2D eigenvalue weighted by molar-refractivity contribution is 7.99. The molecule has 0 spiro atoms. The molecule has 1 aliphatic heterocycles. The number of fused-ring (bicyclic) bond motifs is 1. The number of hydrogen-bond donors (Lipinski definition) is 1. The van der Waals surface area contributed by atoms with E-state index in [1.54, 1.807) is 12.1 Å². The topological polar surface area (TPSA) is 66.1 Å². The zero-order valence-electron chi connectivity index (χ0n) is 14.8. The number of aromatic amines is 1. The summed E-state index contributed by atoms with van der Waals surface area (Å²) in [4.78, 5) is 35.7. The van der Waals surface area contributed by atoms with Crippen molar-refractivity contribution in [3.8, 4) is 11.1 Å². The molecule has 2 aromatic heterocycles. The highest BCUT2D eigenvalue weighted by atomic mass is 32.2. The van der Waals surface area contributed by atoms with Crippen molar-refractivity contribution in [2.24, 2.45) is 0 Å². The van der Waals surface area contributed by atoms with E-state index in [9.17, 15) is 14.0 Å². The molecule has 3 aromatic rings. The molecule has 1 amide bonds. The Kier molecular flexibility index (Phi) is 5.01. The van der Waals surface area contributed by atoms with Gasteiger partial charge in [0.15, 0.2) is 5.16 Å². The van der Waals surface area contributed by atoms with Crippen molar-refractivity contribution in [1.29, 1.82) is 0 Å². The van der Waals surface area contributed by atoms with Gasteiger partial charge in [-0.15, -0.1) is 11.3 Å². The number of nitrogens with one attached hydrogen (secondary N) is 1. The molecule has 140 valence electrons. The zero-order chi connectivity index (χ0) is 19.0. The molecule has 27 heavy (non-hydrogen) atoms. The molecule has 5 nitrogen and oxygen atoms in total. The van der Waals surface area contributed by atoms with E-state index in [4.69, 9.17) is 0 Å². The van der Waals surface area contributed by atoms with E-state index in [0.717, 1.165) is 41.9 Å². The van der Waals surface area contributed by atoms with Gasteiger partial charge in [-0.25, -0.2) is 9.37 Å². The number of aromatic nitrogens is 2. The van der Waals surface area contributed by atoms with Gasteiger partial charge in [0.05, 0.1) is 11.1 Å². The summed E-state index contributed by atoms with van der Waals surface area (Å²) in [5, 5.41) is 0.964. The number of H-pyrrole nitrogens is 1. The predicted molar refractivity (Wildman–Crippen MR) is 107 cm³/mol. The summed E-state index contributed by atoms with van der Waals surface area (Å²) in [6.45, 7) is 3.55. The van der Waals surface area contributed by atoms with Crippen molar-refractivity contribution in [2.75, 3.05) is 18.8 Å². The summed E-state index contributed by atoms with van der Waals surface area (Å²) in [5.41, 5.74) is 1.34. The molecule has 3 heterocycles. The highest BCUT2D eigenvalue weighted by Crippen LogP contribution is 2.36. The SMILES string of the molecule is Cc1sc2nc(SCC(=O)N3CCCC3)[nH]c(=O)c2c1-c1ccc(F)cc1. The fourth-order valence-electron chi connectivity index (χ4n) is 3.32. The second kappa shape index (κ2) is 7.44. The first-order valence-corrected chi connectivity index (χ1v) is 10.5. The minimum absolute atomic E-state index is 0.0783. The van der Waals surface area contributed by atoms with Gasteiger partial charge in [0.2, 0.25) is 5.91 Å². The van der Waals surface area contributed by atoms with Gasteiger partial charge in [-0.3, -0.25) is 9.59 Å². The first-order chi connectivity index (χ1) is 13.0. The van der Waals surface area contributed by atoms with Gasteiger partial charge in [0.25, 0.3) is 5.56 Å². The molecule has 0 radical (unpaired) electrons. The summed E-state index contributed by atoms with van der Waals surface area (Å²) < 4.78 is 13.2. The lowest BCUT2D eigenvalue weighted by Crippen LogP contribution is -2.29. The van der Waals surface area contributed by atoms with Gasteiger partial charge in [-0.05, 0) is 37.5 Å². The van der Waals surface area contributed by atoms with Crippen LogP contribution in [0.1, 0.15) is 17.7 Å². The lowest BCUT2D eigenvalue weighted by molar-refractivity contribution is -0.127. The smallest absolute Gasteiger partial charge is 0.260 e. The second-order valence-corrected chi connectivity index (χ2v) is 8.64. The van der Waals surface area contributed by atoms with Crippen molar-refractivity contribution in [3.63, 3.8) is 0 Å². The minimum atomic E-state index is -0.315. The molecule has 0 saturated carbocycles. The highest BCUT2D eigenvalue weighted by Gasteiger charge is 2.20. The number of benzene rings is 1. The maximum atomic E-state index is 13.2. The number of carbonyl (C=O) groups is 1. The third kappa shape index (κ3) is 3.64. The monoisotopic (exact) mass is 403 g/mol. The zero-order valence-corrected chi connectivity index (χ0v) is 16.4. The van der Waals surface area contributed by atoms with Crippen LogP contribution in [0.3, 0.4) is 0 Å². The van der Waals surface area contributed by atoms with Crippen LogP contribution in [-0.4, -0.2) is 39.6 Å². The standard InChI is InChI=1S/C19H18FN3O2S2/c1-11-15(12-4-6-13(20)7-5-12)16-17(25)21-19(22-18(16)27-11)26-10-14(24)23-8-2-3-9-23/h4-7H,2-3,8-10H2,1H3,(H,21,22,25). The number of rotatable bonds is 4. The van der Waals surface area contributed by atoms with Crippen molar-refractivity contribution in [3.05, 3.63) is 45.3 Å². The van der Waals surface area contributed by atoms with E-state index >= 15 is 0 Å². The Labute approximate surface area is 163 Å². The van der Waals surface area contributed by atoms with Gasteiger partial charge >= 0.3 is 0 Å². The van der Waals surface area contributed by atoms with Crippen LogP contribution in [0.25, 0.3) is 21.3 Å². The number of thioether (sulfide) groups is 1. The van der Waals surface area contributed by atoms with E-state index < -0.39 is 0 Å². The summed E-state index contributed by atoms with van der Waals surface area (Å²) in [6.07, 6.45) is 2.11. The quantitative estimate of drug-likeness (QED) is 0.531.